The van der Waals surface area contributed by atoms with Crippen LogP contribution in [0, 0.1) is 0 Å². The van der Waals surface area contributed by atoms with Crippen LogP contribution in [-0.4, -0.2) is 18.3 Å². The van der Waals surface area contributed by atoms with Gasteiger partial charge in [-0.15, -0.1) is 0 Å². The Morgan fingerprint density at radius 3 is 2.81 bits per heavy atom. The zero-order valence-electron chi connectivity index (χ0n) is 9.70. The number of hydrogen-bond acceptors (Lipinski definition) is 2. The minimum atomic E-state index is 0.0158. The van der Waals surface area contributed by atoms with Gasteiger partial charge in [0.15, 0.2) is 0 Å². The smallest absolute Gasteiger partial charge is 0.133 e. The Kier molecular flexibility index (Phi) is 3.55. The van der Waals surface area contributed by atoms with Gasteiger partial charge >= 0.3 is 0 Å². The summed E-state index contributed by atoms with van der Waals surface area (Å²) in [5, 5.41) is 0. The minimum absolute atomic E-state index is 0.0158. The molecule has 0 saturated carbocycles. The molecule has 1 saturated heterocycles. The van der Waals surface area contributed by atoms with E-state index in [0.29, 0.717) is 6.61 Å². The Bertz CT molecular complexity index is 363. The lowest BCUT2D eigenvalue weighted by atomic mass is 10.1. The lowest BCUT2D eigenvalue weighted by Crippen LogP contribution is -2.23. The molecule has 1 aromatic carbocycles. The molecular formula is C13H17BrO2. The van der Waals surface area contributed by atoms with Gasteiger partial charge in [-0.05, 0) is 54.8 Å². The van der Waals surface area contributed by atoms with Crippen LogP contribution in [0.25, 0.3) is 0 Å². The highest BCUT2D eigenvalue weighted by molar-refractivity contribution is 9.10. The monoisotopic (exact) mass is 284 g/mol. The normalized spacial score (nSPS) is 23.3. The fraction of sp³-hybridized carbons (Fsp3) is 0.538. The van der Waals surface area contributed by atoms with Crippen molar-refractivity contribution in [3.8, 4) is 5.75 Å². The van der Waals surface area contributed by atoms with E-state index < -0.39 is 0 Å². The van der Waals surface area contributed by atoms with Crippen molar-refractivity contribution >= 4 is 15.9 Å². The fourth-order valence-electron chi connectivity index (χ4n) is 1.94. The van der Waals surface area contributed by atoms with Crippen molar-refractivity contribution in [3.63, 3.8) is 0 Å². The van der Waals surface area contributed by atoms with E-state index in [2.05, 4.69) is 29.8 Å². The molecule has 0 bridgehead atoms. The van der Waals surface area contributed by atoms with Gasteiger partial charge in [0.05, 0.1) is 16.2 Å². The number of benzene rings is 1. The molecule has 0 amide bonds. The zero-order valence-corrected chi connectivity index (χ0v) is 11.3. The Morgan fingerprint density at radius 2 is 2.19 bits per heavy atom. The second-order valence-corrected chi connectivity index (χ2v) is 5.63. The Morgan fingerprint density at radius 1 is 1.44 bits per heavy atom. The van der Waals surface area contributed by atoms with E-state index in [-0.39, 0.29) is 11.7 Å². The molecule has 16 heavy (non-hydrogen) atoms. The van der Waals surface area contributed by atoms with Crippen molar-refractivity contribution in [1.82, 2.24) is 0 Å². The van der Waals surface area contributed by atoms with Crippen molar-refractivity contribution < 1.29 is 9.47 Å². The molecule has 1 atom stereocenters. The molecule has 2 nitrogen and oxygen atoms in total. The van der Waals surface area contributed by atoms with E-state index in [4.69, 9.17) is 9.47 Å². The van der Waals surface area contributed by atoms with Crippen molar-refractivity contribution in [1.29, 1.82) is 0 Å². The molecule has 1 aliphatic heterocycles. The van der Waals surface area contributed by atoms with Crippen LogP contribution in [0.4, 0.5) is 0 Å². The van der Waals surface area contributed by atoms with E-state index in [1.165, 1.54) is 0 Å². The maximum Gasteiger partial charge on any atom is 0.133 e. The van der Waals surface area contributed by atoms with Crippen molar-refractivity contribution in [2.24, 2.45) is 0 Å². The first kappa shape index (κ1) is 11.9. The molecule has 3 heteroatoms. The van der Waals surface area contributed by atoms with E-state index in [0.717, 1.165) is 23.1 Å². The summed E-state index contributed by atoms with van der Waals surface area (Å²) in [7, 11) is 0. The summed E-state index contributed by atoms with van der Waals surface area (Å²) >= 11 is 3.46. The third-order valence-electron chi connectivity index (χ3n) is 2.82. The molecule has 0 aromatic heterocycles. The quantitative estimate of drug-likeness (QED) is 0.841. The largest absolute Gasteiger partial charge is 0.490 e. The Labute approximate surface area is 105 Å². The van der Waals surface area contributed by atoms with Gasteiger partial charge in [-0.25, -0.2) is 0 Å². The molecule has 0 radical (unpaired) electrons. The number of halogens is 1. The van der Waals surface area contributed by atoms with Gasteiger partial charge in [-0.3, -0.25) is 0 Å². The Balaban J connectivity index is 1.87. The third kappa shape index (κ3) is 2.98. The first-order valence-electron chi connectivity index (χ1n) is 5.62. The highest BCUT2D eigenvalue weighted by Crippen LogP contribution is 2.30. The molecule has 1 fully saturated rings. The van der Waals surface area contributed by atoms with Gasteiger partial charge in [0.1, 0.15) is 12.4 Å². The van der Waals surface area contributed by atoms with E-state index in [1.54, 1.807) is 0 Å². The molecule has 1 aromatic rings. The highest BCUT2D eigenvalue weighted by Gasteiger charge is 2.31. The van der Waals surface area contributed by atoms with Crippen LogP contribution in [0.15, 0.2) is 28.7 Å². The molecular weight excluding hydrogens is 268 g/mol. The van der Waals surface area contributed by atoms with Crippen LogP contribution in [0.1, 0.15) is 26.7 Å². The average Bonchev–Trinajstić information content (AvgIpc) is 2.57. The molecule has 0 N–H and O–H groups in total. The summed E-state index contributed by atoms with van der Waals surface area (Å²) in [6.45, 7) is 4.89. The number of ether oxygens (including phenoxy) is 2. The lowest BCUT2D eigenvalue weighted by molar-refractivity contribution is -0.0327. The molecule has 1 heterocycles. The van der Waals surface area contributed by atoms with Crippen molar-refractivity contribution in [2.75, 3.05) is 6.61 Å². The van der Waals surface area contributed by atoms with E-state index in [1.807, 2.05) is 24.3 Å². The van der Waals surface area contributed by atoms with Gasteiger partial charge in [-0.2, -0.15) is 0 Å². The fourth-order valence-corrected chi connectivity index (χ4v) is 2.34. The van der Waals surface area contributed by atoms with Crippen LogP contribution < -0.4 is 4.74 Å². The van der Waals surface area contributed by atoms with Crippen LogP contribution >= 0.6 is 15.9 Å². The van der Waals surface area contributed by atoms with Crippen LogP contribution in [0.3, 0.4) is 0 Å². The number of para-hydroxylation sites is 1. The average molecular weight is 285 g/mol. The molecule has 2 rings (SSSR count). The van der Waals surface area contributed by atoms with Crippen LogP contribution in [0.2, 0.25) is 0 Å². The van der Waals surface area contributed by atoms with Gasteiger partial charge in [0.25, 0.3) is 0 Å². The maximum atomic E-state index is 5.87. The predicted octanol–water partition coefficient (Wildman–Crippen LogP) is 3.79. The third-order valence-corrected chi connectivity index (χ3v) is 3.47. The van der Waals surface area contributed by atoms with Crippen LogP contribution in [0.5, 0.6) is 5.75 Å². The first-order chi connectivity index (χ1) is 7.57. The molecule has 0 spiro atoms. The summed E-state index contributed by atoms with van der Waals surface area (Å²) in [5.74, 6) is 0.885. The number of rotatable bonds is 3. The second-order valence-electron chi connectivity index (χ2n) is 4.78. The number of hydrogen-bond donors (Lipinski definition) is 0. The van der Waals surface area contributed by atoms with Crippen molar-refractivity contribution in [2.45, 2.75) is 38.4 Å². The standard InChI is InChI=1S/C13H17BrO2/c1-13(2)8-7-10(16-13)9-15-12-6-4-3-5-11(12)14/h3-6,10H,7-9H2,1-2H3. The zero-order chi connectivity index (χ0) is 11.6. The van der Waals surface area contributed by atoms with Gasteiger partial charge in [0, 0.05) is 0 Å². The maximum absolute atomic E-state index is 5.87. The molecule has 1 unspecified atom stereocenters. The molecule has 1 aliphatic rings. The topological polar surface area (TPSA) is 18.5 Å². The lowest BCUT2D eigenvalue weighted by Gasteiger charge is -2.19. The van der Waals surface area contributed by atoms with Gasteiger partial charge in [-0.1, -0.05) is 12.1 Å². The summed E-state index contributed by atoms with van der Waals surface area (Å²) < 4.78 is 12.6. The second kappa shape index (κ2) is 4.76. The summed E-state index contributed by atoms with van der Waals surface area (Å²) in [6, 6.07) is 7.89. The SMILES string of the molecule is CC1(C)CCC(COc2ccccc2Br)O1. The van der Waals surface area contributed by atoms with Gasteiger partial charge in [0.2, 0.25) is 0 Å². The predicted molar refractivity (Wildman–Crippen MR) is 67.8 cm³/mol. The Hall–Kier alpha value is -0.540. The molecule has 0 aliphatic carbocycles. The van der Waals surface area contributed by atoms with Gasteiger partial charge < -0.3 is 9.47 Å². The van der Waals surface area contributed by atoms with E-state index >= 15 is 0 Å². The first-order valence-corrected chi connectivity index (χ1v) is 6.41. The summed E-state index contributed by atoms with van der Waals surface area (Å²) in [5.41, 5.74) is 0.0158. The molecule has 88 valence electrons. The van der Waals surface area contributed by atoms with Crippen LogP contribution in [-0.2, 0) is 4.74 Å². The summed E-state index contributed by atoms with van der Waals surface area (Å²) in [4.78, 5) is 0. The summed E-state index contributed by atoms with van der Waals surface area (Å²) in [6.07, 6.45) is 2.41. The highest BCUT2D eigenvalue weighted by atomic mass is 79.9. The van der Waals surface area contributed by atoms with E-state index in [9.17, 15) is 0 Å². The van der Waals surface area contributed by atoms with Crippen molar-refractivity contribution in [3.05, 3.63) is 28.7 Å². The minimum Gasteiger partial charge on any atom is -0.490 e.